The molecule has 0 saturated heterocycles. The number of amides is 2. The summed E-state index contributed by atoms with van der Waals surface area (Å²) in [5.41, 5.74) is 5.11. The Bertz CT molecular complexity index is 1780. The van der Waals surface area contributed by atoms with Gasteiger partial charge in [-0.25, -0.2) is 0 Å². The largest absolute Gasteiger partial charge is 0.352 e. The van der Waals surface area contributed by atoms with E-state index in [1.807, 2.05) is 72.8 Å². The molecule has 6 rings (SSSR count). The van der Waals surface area contributed by atoms with E-state index in [1.165, 1.54) is 11.1 Å². The minimum atomic E-state index is -0.115. The highest BCUT2D eigenvalue weighted by molar-refractivity contribution is 8.76. The average Bonchev–Trinajstić information content (AvgIpc) is 3.07. The number of carbonyl (C=O) groups excluding carboxylic acids is 2. The molecular weight excluding hydrogens is 585 g/mol. The molecule has 6 aromatic rings. The number of aromatic nitrogens is 2. The smallest absolute Gasteiger partial charge is 0.252 e. The number of hydrogen-bond acceptors (Lipinski definition) is 6. The highest BCUT2D eigenvalue weighted by atomic mass is 33.1. The molecule has 0 aliphatic heterocycles. The minimum Gasteiger partial charge on any atom is -0.352 e. The number of benzene rings is 4. The van der Waals surface area contributed by atoms with E-state index in [-0.39, 0.29) is 11.8 Å². The van der Waals surface area contributed by atoms with Crippen molar-refractivity contribution in [2.24, 2.45) is 0 Å². The van der Waals surface area contributed by atoms with Gasteiger partial charge >= 0.3 is 0 Å². The lowest BCUT2D eigenvalue weighted by Gasteiger charge is -2.11. The summed E-state index contributed by atoms with van der Waals surface area (Å²) in [5.74, 6) is -0.230. The number of nitrogens with zero attached hydrogens (tertiary/aromatic N) is 2. The molecule has 8 heteroatoms. The standard InChI is InChI=1S/C36H30N4O2S2/c41-35(39-21-17-25-9-3-1-4-10-25)29-19-23-37-33-27(29)13-7-15-31(33)43-44-32-16-8-14-28-30(20-24-38-34(28)32)36(42)40-22-18-26-11-5-2-6-12-26/h1-16,19-20,23-24H,17-18,21-22H2,(H,39,41)(H,40,42). The van der Waals surface area contributed by atoms with Gasteiger partial charge in [0, 0.05) is 46.0 Å². The Labute approximate surface area is 264 Å². The number of rotatable bonds is 11. The van der Waals surface area contributed by atoms with Crippen LogP contribution in [0.3, 0.4) is 0 Å². The molecule has 0 saturated carbocycles. The molecule has 2 aromatic heterocycles. The lowest BCUT2D eigenvalue weighted by molar-refractivity contribution is 0.0947. The predicted octanol–water partition coefficient (Wildman–Crippen LogP) is 7.53. The van der Waals surface area contributed by atoms with E-state index >= 15 is 0 Å². The first kappa shape index (κ1) is 29.4. The van der Waals surface area contributed by atoms with Crippen molar-refractivity contribution in [3.05, 3.63) is 144 Å². The second-order valence-corrected chi connectivity index (χ2v) is 12.4. The van der Waals surface area contributed by atoms with E-state index in [9.17, 15) is 9.59 Å². The summed E-state index contributed by atoms with van der Waals surface area (Å²) < 4.78 is 0. The molecule has 0 unspecified atom stereocenters. The van der Waals surface area contributed by atoms with Crippen molar-refractivity contribution in [3.63, 3.8) is 0 Å². The number of hydrogen-bond donors (Lipinski definition) is 2. The fourth-order valence-corrected chi connectivity index (χ4v) is 7.32. The van der Waals surface area contributed by atoms with Crippen LogP contribution in [0.2, 0.25) is 0 Å². The first-order valence-electron chi connectivity index (χ1n) is 14.4. The van der Waals surface area contributed by atoms with Crippen molar-refractivity contribution < 1.29 is 9.59 Å². The molecule has 0 radical (unpaired) electrons. The number of fused-ring (bicyclic) bond motifs is 2. The zero-order chi connectivity index (χ0) is 30.1. The van der Waals surface area contributed by atoms with Crippen LogP contribution in [0.1, 0.15) is 31.8 Å². The second-order valence-electron chi connectivity index (χ2n) is 10.2. The first-order valence-corrected chi connectivity index (χ1v) is 16.6. The summed E-state index contributed by atoms with van der Waals surface area (Å²) in [5, 5.41) is 7.72. The van der Waals surface area contributed by atoms with Crippen LogP contribution < -0.4 is 10.6 Å². The minimum absolute atomic E-state index is 0.115. The normalized spacial score (nSPS) is 11.0. The van der Waals surface area contributed by atoms with Gasteiger partial charge < -0.3 is 10.6 Å². The first-order chi connectivity index (χ1) is 21.7. The quantitative estimate of drug-likeness (QED) is 0.147. The Kier molecular flexibility index (Phi) is 9.50. The van der Waals surface area contributed by atoms with Gasteiger partial charge in [-0.3, -0.25) is 19.6 Å². The number of carbonyl (C=O) groups is 2. The highest BCUT2D eigenvalue weighted by Crippen LogP contribution is 2.42. The second kappa shape index (κ2) is 14.2. The molecule has 44 heavy (non-hydrogen) atoms. The topological polar surface area (TPSA) is 84.0 Å². The Morgan fingerprint density at radius 3 is 1.39 bits per heavy atom. The van der Waals surface area contributed by atoms with E-state index in [0.717, 1.165) is 44.4 Å². The Morgan fingerprint density at radius 2 is 0.955 bits per heavy atom. The van der Waals surface area contributed by atoms with Gasteiger partial charge in [-0.15, -0.1) is 0 Å². The number of pyridine rings is 2. The van der Waals surface area contributed by atoms with Gasteiger partial charge in [-0.05, 0) is 48.2 Å². The zero-order valence-electron chi connectivity index (χ0n) is 23.9. The fourth-order valence-electron chi connectivity index (χ4n) is 5.04. The van der Waals surface area contributed by atoms with Crippen LogP contribution in [0, 0.1) is 0 Å². The van der Waals surface area contributed by atoms with Crippen LogP contribution in [-0.4, -0.2) is 34.9 Å². The third-order valence-electron chi connectivity index (χ3n) is 7.26. The molecule has 0 aliphatic carbocycles. The van der Waals surface area contributed by atoms with Gasteiger partial charge in [0.05, 0.1) is 22.2 Å². The van der Waals surface area contributed by atoms with E-state index in [1.54, 1.807) is 46.1 Å². The molecule has 2 N–H and O–H groups in total. The maximum atomic E-state index is 13.1. The van der Waals surface area contributed by atoms with Gasteiger partial charge in [-0.2, -0.15) is 0 Å². The number of para-hydroxylation sites is 2. The summed E-state index contributed by atoms with van der Waals surface area (Å²) in [6.45, 7) is 1.11. The Morgan fingerprint density at radius 1 is 0.523 bits per heavy atom. The molecule has 0 spiro atoms. The summed E-state index contributed by atoms with van der Waals surface area (Å²) in [6, 6.07) is 35.5. The highest BCUT2D eigenvalue weighted by Gasteiger charge is 2.16. The monoisotopic (exact) mass is 614 g/mol. The third-order valence-corrected chi connectivity index (χ3v) is 9.69. The lowest BCUT2D eigenvalue weighted by Crippen LogP contribution is -2.26. The van der Waals surface area contributed by atoms with E-state index in [0.29, 0.717) is 24.2 Å². The van der Waals surface area contributed by atoms with Crippen LogP contribution in [0.25, 0.3) is 21.8 Å². The maximum absolute atomic E-state index is 13.1. The van der Waals surface area contributed by atoms with Gasteiger partial charge in [0.2, 0.25) is 0 Å². The Hall–Kier alpha value is -4.66. The molecule has 2 amide bonds. The van der Waals surface area contributed by atoms with Crippen molar-refractivity contribution in [2.45, 2.75) is 22.6 Å². The molecule has 0 aliphatic rings. The average molecular weight is 615 g/mol. The van der Waals surface area contributed by atoms with Gasteiger partial charge in [-0.1, -0.05) is 107 Å². The molecule has 0 fully saturated rings. The summed E-state index contributed by atoms with van der Waals surface area (Å²) in [7, 11) is 3.12. The lowest BCUT2D eigenvalue weighted by atomic mass is 10.1. The van der Waals surface area contributed by atoms with E-state index in [2.05, 4.69) is 44.9 Å². The van der Waals surface area contributed by atoms with Crippen LogP contribution in [0.5, 0.6) is 0 Å². The van der Waals surface area contributed by atoms with Crippen LogP contribution in [0.4, 0.5) is 0 Å². The van der Waals surface area contributed by atoms with Crippen LogP contribution in [-0.2, 0) is 12.8 Å². The van der Waals surface area contributed by atoms with E-state index < -0.39 is 0 Å². The van der Waals surface area contributed by atoms with Crippen molar-refractivity contribution in [1.82, 2.24) is 20.6 Å². The predicted molar refractivity (Wildman–Crippen MR) is 180 cm³/mol. The molecule has 218 valence electrons. The maximum Gasteiger partial charge on any atom is 0.252 e. The molecule has 4 aromatic carbocycles. The number of nitrogens with one attached hydrogen (secondary N) is 2. The summed E-state index contributed by atoms with van der Waals surface area (Å²) in [6.07, 6.45) is 4.91. The third kappa shape index (κ3) is 6.93. The zero-order valence-corrected chi connectivity index (χ0v) is 25.5. The Balaban J connectivity index is 1.15. The van der Waals surface area contributed by atoms with E-state index in [4.69, 9.17) is 0 Å². The molecule has 0 atom stereocenters. The molecule has 6 nitrogen and oxygen atoms in total. The summed E-state index contributed by atoms with van der Waals surface area (Å²) in [4.78, 5) is 37.4. The molecule has 2 heterocycles. The van der Waals surface area contributed by atoms with Crippen molar-refractivity contribution in [2.75, 3.05) is 13.1 Å². The summed E-state index contributed by atoms with van der Waals surface area (Å²) >= 11 is 0. The van der Waals surface area contributed by atoms with Crippen molar-refractivity contribution in [3.8, 4) is 0 Å². The SMILES string of the molecule is O=C(NCCc1ccccc1)c1ccnc2c(SSc3cccc4c(C(=O)NCCc5ccccc5)ccnc34)cccc12. The fraction of sp³-hybridized carbons (Fsp3) is 0.111. The van der Waals surface area contributed by atoms with Crippen molar-refractivity contribution in [1.29, 1.82) is 0 Å². The van der Waals surface area contributed by atoms with Crippen molar-refractivity contribution >= 4 is 55.2 Å². The van der Waals surface area contributed by atoms with Gasteiger partial charge in [0.1, 0.15) is 0 Å². The van der Waals surface area contributed by atoms with Crippen LogP contribution >= 0.6 is 21.6 Å². The molecular formula is C36H30N4O2S2. The van der Waals surface area contributed by atoms with Gasteiger partial charge in [0.25, 0.3) is 11.8 Å². The van der Waals surface area contributed by atoms with Gasteiger partial charge in [0.15, 0.2) is 0 Å². The van der Waals surface area contributed by atoms with Crippen LogP contribution in [0.15, 0.2) is 131 Å². The molecule has 0 bridgehead atoms.